The third kappa shape index (κ3) is 8.39. The summed E-state index contributed by atoms with van der Waals surface area (Å²) in [6, 6.07) is 0. The second kappa shape index (κ2) is 12.9. The Morgan fingerprint density at radius 2 is 1.09 bits per heavy atom. The van der Waals surface area contributed by atoms with E-state index in [0.29, 0.717) is 0 Å². The van der Waals surface area contributed by atoms with Crippen molar-refractivity contribution >= 4 is 11.5 Å². The lowest BCUT2D eigenvalue weighted by molar-refractivity contribution is 0.0687. The Bertz CT molecular complexity index is 784. The van der Waals surface area contributed by atoms with Crippen LogP contribution in [0, 0.1) is 0 Å². The van der Waals surface area contributed by atoms with Gasteiger partial charge in [-0.1, -0.05) is 0 Å². The predicted octanol–water partition coefficient (Wildman–Crippen LogP) is 2.45. The molecule has 0 N–H and O–H groups in total. The number of nitrogens with zero attached hydrogens (tertiary/aromatic N) is 10. The largest absolute Gasteiger partial charge is 0.359 e. The van der Waals surface area contributed by atoms with E-state index in [0.717, 1.165) is 32.3 Å². The number of likely N-dealkylation sites (N-methyl/N-ethyl adjacent to an activating group) is 1. The fourth-order valence-electron chi connectivity index (χ4n) is 3.73. The molecule has 0 saturated carbocycles. The van der Waals surface area contributed by atoms with Gasteiger partial charge < -0.3 is 19.7 Å². The molecule has 34 heavy (non-hydrogen) atoms. The molecule has 0 aromatic carbocycles. The Hall–Kier alpha value is -2.46. The Morgan fingerprint density at radius 1 is 0.559 bits per heavy atom. The molecule has 0 bridgehead atoms. The maximum atomic E-state index is 4.15. The summed E-state index contributed by atoms with van der Waals surface area (Å²) in [6.07, 6.45) is 0. The maximum Gasteiger partial charge on any atom is 0.123 e. The van der Waals surface area contributed by atoms with Crippen molar-refractivity contribution in [3.8, 4) is 0 Å². The van der Waals surface area contributed by atoms with Crippen molar-refractivity contribution in [2.75, 3.05) is 82.8 Å². The first-order valence-electron chi connectivity index (χ1n) is 11.8. The van der Waals surface area contributed by atoms with Gasteiger partial charge in [-0.15, -0.1) is 0 Å². The van der Waals surface area contributed by atoms with Gasteiger partial charge >= 0.3 is 0 Å². The lowest BCUT2D eigenvalue weighted by Crippen LogP contribution is -2.29. The van der Waals surface area contributed by atoms with Crippen LogP contribution >= 0.6 is 0 Å². The number of allylic oxidation sites excluding steroid dienone is 3. The van der Waals surface area contributed by atoms with E-state index in [-0.39, 0.29) is 0 Å². The van der Waals surface area contributed by atoms with Crippen LogP contribution in [0.2, 0.25) is 0 Å². The van der Waals surface area contributed by atoms with Crippen LogP contribution in [0.1, 0.15) is 41.5 Å². The average Bonchev–Trinajstić information content (AvgIpc) is 3.36. The van der Waals surface area contributed by atoms with Gasteiger partial charge in [0.15, 0.2) is 0 Å². The summed E-state index contributed by atoms with van der Waals surface area (Å²) in [5.74, 6) is 1.09. The molecule has 0 saturated heterocycles. The molecule has 0 fully saturated rings. The first-order valence-corrected chi connectivity index (χ1v) is 11.8. The summed E-state index contributed by atoms with van der Waals surface area (Å²) < 4.78 is 0. The topological polar surface area (TPSA) is 50.6 Å². The molecule has 0 aromatic rings. The molecule has 4 rings (SSSR count). The lowest BCUT2D eigenvalue weighted by Gasteiger charge is -2.22. The number of hydrogen-bond acceptors (Lipinski definition) is 10. The van der Waals surface area contributed by atoms with Crippen molar-refractivity contribution in [2.45, 2.75) is 41.5 Å². The van der Waals surface area contributed by atoms with E-state index in [1.54, 1.807) is 0 Å². The molecule has 4 heterocycles. The summed E-state index contributed by atoms with van der Waals surface area (Å²) in [5, 5.41) is 18.5. The van der Waals surface area contributed by atoms with Gasteiger partial charge in [0.25, 0.3) is 0 Å². The molecular weight excluding hydrogens is 428 g/mol. The molecule has 4 aliphatic heterocycles. The number of hydrazone groups is 2. The third-order valence-corrected chi connectivity index (χ3v) is 6.73. The Kier molecular flexibility index (Phi) is 11.2. The summed E-state index contributed by atoms with van der Waals surface area (Å²) in [4.78, 5) is 6.59. The van der Waals surface area contributed by atoms with E-state index in [9.17, 15) is 0 Å². The number of hydrogen-bond donors (Lipinski definition) is 0. The van der Waals surface area contributed by atoms with Crippen LogP contribution in [0.3, 0.4) is 0 Å². The minimum atomic E-state index is 0.922. The minimum Gasteiger partial charge on any atom is -0.359 e. The fourth-order valence-corrected chi connectivity index (χ4v) is 3.73. The van der Waals surface area contributed by atoms with E-state index in [4.69, 9.17) is 0 Å². The van der Waals surface area contributed by atoms with Crippen LogP contribution in [0.15, 0.2) is 32.9 Å². The normalized spacial score (nSPS) is 20.9. The summed E-state index contributed by atoms with van der Waals surface area (Å²) in [6.45, 7) is 16.7. The first kappa shape index (κ1) is 29.6. The zero-order chi connectivity index (χ0) is 26.3. The molecule has 10 heteroatoms. The smallest absolute Gasteiger partial charge is 0.123 e. The van der Waals surface area contributed by atoms with Crippen molar-refractivity contribution in [3.63, 3.8) is 0 Å². The quantitative estimate of drug-likeness (QED) is 0.526. The molecule has 0 spiro atoms. The van der Waals surface area contributed by atoms with E-state index in [2.05, 4.69) is 95.8 Å². The molecule has 0 atom stereocenters. The van der Waals surface area contributed by atoms with Gasteiger partial charge in [0.1, 0.15) is 12.5 Å². The Labute approximate surface area is 208 Å². The second-order valence-corrected chi connectivity index (χ2v) is 9.70. The molecule has 0 radical (unpaired) electrons. The third-order valence-electron chi connectivity index (χ3n) is 6.73. The minimum absolute atomic E-state index is 0.922. The van der Waals surface area contributed by atoms with Crippen LogP contribution < -0.4 is 0 Å². The predicted molar refractivity (Wildman–Crippen MR) is 145 cm³/mol. The van der Waals surface area contributed by atoms with Crippen LogP contribution in [-0.4, -0.2) is 134 Å². The molecular formula is C24H50N10. The van der Waals surface area contributed by atoms with E-state index in [1.807, 2.05) is 52.2 Å². The first-order chi connectivity index (χ1) is 15.6. The van der Waals surface area contributed by atoms with E-state index < -0.39 is 0 Å². The number of rotatable bonds is 0. The van der Waals surface area contributed by atoms with Crippen molar-refractivity contribution < 1.29 is 0 Å². The number of amidine groups is 1. The molecule has 0 amide bonds. The Balaban J connectivity index is 0.000000227. The van der Waals surface area contributed by atoms with Gasteiger partial charge in [-0.05, 0) is 47.1 Å². The molecule has 196 valence electrons. The van der Waals surface area contributed by atoms with E-state index >= 15 is 0 Å². The molecule has 0 aromatic heterocycles. The van der Waals surface area contributed by atoms with Gasteiger partial charge in [0.2, 0.25) is 0 Å². The summed E-state index contributed by atoms with van der Waals surface area (Å²) in [7, 11) is 16.4. The molecule has 0 unspecified atom stereocenters. The highest BCUT2D eigenvalue weighted by molar-refractivity contribution is 5.84. The standard InChI is InChI=1S/2C7H14N2.2C5H11N3/c1-6-7(2)9(4)5-8(6)3;1-6-5-8(3)9(4)7(6)2;1-5-6-8(3)4-7(5)2;1-5-4-7(2)8(3)6-5/h2*5H2,1-4H3;2*4H2,1-3H3. The summed E-state index contributed by atoms with van der Waals surface area (Å²) >= 11 is 0. The highest BCUT2D eigenvalue weighted by atomic mass is 15.8. The van der Waals surface area contributed by atoms with Gasteiger partial charge in [0, 0.05) is 80.0 Å². The SMILES string of the molecule is CC1=C(C)N(C)CN1C.CC1=C(C)N(C)N(C)C1.CC1=NN(C)CN1C.CC1=NN(C)N(C)C1. The van der Waals surface area contributed by atoms with Gasteiger partial charge in [-0.2, -0.15) is 10.2 Å². The molecule has 0 aliphatic carbocycles. The van der Waals surface area contributed by atoms with Crippen molar-refractivity contribution in [1.82, 2.24) is 39.9 Å². The zero-order valence-corrected chi connectivity index (χ0v) is 24.3. The zero-order valence-electron chi connectivity index (χ0n) is 24.3. The van der Waals surface area contributed by atoms with Crippen LogP contribution in [-0.2, 0) is 0 Å². The van der Waals surface area contributed by atoms with Crippen LogP contribution in [0.25, 0.3) is 0 Å². The van der Waals surface area contributed by atoms with E-state index in [1.165, 1.54) is 28.4 Å². The monoisotopic (exact) mass is 478 g/mol. The van der Waals surface area contributed by atoms with Gasteiger partial charge in [-0.3, -0.25) is 5.01 Å². The fraction of sp³-hybridized carbons (Fsp3) is 0.750. The number of hydrazine groups is 2. The second-order valence-electron chi connectivity index (χ2n) is 9.70. The maximum absolute atomic E-state index is 4.15. The van der Waals surface area contributed by atoms with Gasteiger partial charge in [0.05, 0.1) is 18.9 Å². The van der Waals surface area contributed by atoms with Crippen LogP contribution in [0.4, 0.5) is 0 Å². The molecule has 4 aliphatic rings. The van der Waals surface area contributed by atoms with Crippen molar-refractivity contribution in [3.05, 3.63) is 22.7 Å². The van der Waals surface area contributed by atoms with Crippen molar-refractivity contribution in [2.24, 2.45) is 10.2 Å². The summed E-state index contributed by atoms with van der Waals surface area (Å²) in [5.41, 5.74) is 6.81. The lowest BCUT2D eigenvalue weighted by atomic mass is 10.3. The van der Waals surface area contributed by atoms with Gasteiger partial charge in [-0.25, -0.2) is 15.1 Å². The average molecular weight is 479 g/mol. The molecule has 10 nitrogen and oxygen atoms in total. The van der Waals surface area contributed by atoms with Crippen molar-refractivity contribution in [1.29, 1.82) is 0 Å². The Morgan fingerprint density at radius 3 is 1.21 bits per heavy atom. The highest BCUT2D eigenvalue weighted by Gasteiger charge is 2.17. The van der Waals surface area contributed by atoms with Crippen LogP contribution in [0.5, 0.6) is 0 Å². The highest BCUT2D eigenvalue weighted by Crippen LogP contribution is 2.18.